The number of hydrogen-bond donors (Lipinski definition) is 0. The highest BCUT2D eigenvalue weighted by molar-refractivity contribution is 6.17. The van der Waals surface area contributed by atoms with E-state index in [4.69, 9.17) is 4.42 Å². The van der Waals surface area contributed by atoms with Gasteiger partial charge in [-0.3, -0.25) is 9.59 Å². The largest absolute Gasteiger partial charge is 0.464 e. The number of ketones is 2. The van der Waals surface area contributed by atoms with Crippen molar-refractivity contribution in [2.45, 2.75) is 25.7 Å². The summed E-state index contributed by atoms with van der Waals surface area (Å²) in [6, 6.07) is 19.0. The van der Waals surface area contributed by atoms with Crippen molar-refractivity contribution in [3.05, 3.63) is 94.4 Å². The summed E-state index contributed by atoms with van der Waals surface area (Å²) in [5.74, 6) is 1.15. The summed E-state index contributed by atoms with van der Waals surface area (Å²) in [6.07, 6.45) is 2.48. The minimum atomic E-state index is -0.133. The van der Waals surface area contributed by atoms with Crippen LogP contribution in [-0.2, 0) is 12.8 Å². The first-order chi connectivity index (χ1) is 12.2. The van der Waals surface area contributed by atoms with E-state index in [2.05, 4.69) is 0 Å². The number of benzene rings is 2. The van der Waals surface area contributed by atoms with E-state index >= 15 is 0 Å². The van der Waals surface area contributed by atoms with E-state index < -0.39 is 0 Å². The summed E-state index contributed by atoms with van der Waals surface area (Å²) in [4.78, 5) is 25.6. The van der Waals surface area contributed by atoms with Crippen LogP contribution in [0.1, 0.15) is 56.2 Å². The Labute approximate surface area is 146 Å². The number of rotatable bonds is 4. The summed E-state index contributed by atoms with van der Waals surface area (Å²) in [5.41, 5.74) is 2.60. The minimum absolute atomic E-state index is 0.0172. The van der Waals surface area contributed by atoms with Gasteiger partial charge >= 0.3 is 0 Å². The van der Waals surface area contributed by atoms with E-state index in [0.29, 0.717) is 47.5 Å². The van der Waals surface area contributed by atoms with Crippen LogP contribution in [-0.4, -0.2) is 11.6 Å². The van der Waals surface area contributed by atoms with E-state index in [9.17, 15) is 9.59 Å². The summed E-state index contributed by atoms with van der Waals surface area (Å²) < 4.78 is 6.01. The molecule has 3 nitrogen and oxygen atoms in total. The van der Waals surface area contributed by atoms with Gasteiger partial charge in [0.2, 0.25) is 0 Å². The third kappa shape index (κ3) is 2.93. The molecule has 0 radical (unpaired) electrons. The Bertz CT molecular complexity index is 921. The highest BCUT2D eigenvalue weighted by atomic mass is 16.3. The third-order valence-corrected chi connectivity index (χ3v) is 4.61. The van der Waals surface area contributed by atoms with Gasteiger partial charge in [0.05, 0.1) is 11.1 Å². The Balaban J connectivity index is 1.84. The summed E-state index contributed by atoms with van der Waals surface area (Å²) >= 11 is 0. The zero-order chi connectivity index (χ0) is 17.2. The molecule has 2 aromatic carbocycles. The van der Waals surface area contributed by atoms with Gasteiger partial charge in [-0.2, -0.15) is 0 Å². The molecule has 0 spiro atoms. The molecule has 3 heteroatoms. The number of carbonyl (C=O) groups is 2. The fraction of sp³-hybridized carbons (Fsp3) is 0.182. The predicted octanol–water partition coefficient (Wildman–Crippen LogP) is 4.62. The molecule has 1 heterocycles. The first-order valence-electron chi connectivity index (χ1n) is 8.55. The first-order valence-corrected chi connectivity index (χ1v) is 8.55. The average Bonchev–Trinajstić information content (AvgIpc) is 3.02. The lowest BCUT2D eigenvalue weighted by molar-refractivity contribution is 0.0957. The van der Waals surface area contributed by atoms with Crippen molar-refractivity contribution in [3.63, 3.8) is 0 Å². The molecular weight excluding hydrogens is 312 g/mol. The summed E-state index contributed by atoms with van der Waals surface area (Å²) in [5, 5.41) is 0. The highest BCUT2D eigenvalue weighted by Gasteiger charge is 2.32. The predicted molar refractivity (Wildman–Crippen MR) is 95.1 cm³/mol. The number of Topliss-reactive ketones (excluding diaryl/α,β-unsaturated/α-hetero) is 1. The van der Waals surface area contributed by atoms with Crippen molar-refractivity contribution in [2.24, 2.45) is 0 Å². The SMILES string of the molecule is O=C1CCCc2oc(Cc3ccccc3)c(C(=O)c3ccccc3)c21. The normalized spacial score (nSPS) is 13.5. The molecule has 1 aromatic heterocycles. The number of carbonyl (C=O) groups excluding carboxylic acids is 2. The van der Waals surface area contributed by atoms with Gasteiger partial charge < -0.3 is 4.42 Å². The van der Waals surface area contributed by atoms with Crippen LogP contribution in [0.25, 0.3) is 0 Å². The maximum absolute atomic E-state index is 13.1. The second-order valence-electron chi connectivity index (χ2n) is 6.33. The van der Waals surface area contributed by atoms with Crippen LogP contribution in [0, 0.1) is 0 Å². The molecule has 0 saturated carbocycles. The molecule has 0 bridgehead atoms. The number of hydrogen-bond acceptors (Lipinski definition) is 3. The van der Waals surface area contributed by atoms with Gasteiger partial charge in [-0.15, -0.1) is 0 Å². The number of aryl methyl sites for hydroxylation is 1. The monoisotopic (exact) mass is 330 g/mol. The van der Waals surface area contributed by atoms with Crippen LogP contribution in [0.2, 0.25) is 0 Å². The summed E-state index contributed by atoms with van der Waals surface area (Å²) in [6.45, 7) is 0. The van der Waals surface area contributed by atoms with Gasteiger partial charge in [0.15, 0.2) is 11.6 Å². The zero-order valence-electron chi connectivity index (χ0n) is 13.8. The minimum Gasteiger partial charge on any atom is -0.464 e. The van der Waals surface area contributed by atoms with Crippen molar-refractivity contribution in [3.8, 4) is 0 Å². The highest BCUT2D eigenvalue weighted by Crippen LogP contribution is 2.32. The fourth-order valence-corrected chi connectivity index (χ4v) is 3.41. The van der Waals surface area contributed by atoms with Gasteiger partial charge in [0.25, 0.3) is 0 Å². The van der Waals surface area contributed by atoms with Crippen molar-refractivity contribution in [1.82, 2.24) is 0 Å². The van der Waals surface area contributed by atoms with Crippen LogP contribution in [0.3, 0.4) is 0 Å². The second-order valence-corrected chi connectivity index (χ2v) is 6.33. The molecular formula is C22H18O3. The lowest BCUT2D eigenvalue weighted by Crippen LogP contribution is -2.14. The molecule has 0 amide bonds. The average molecular weight is 330 g/mol. The zero-order valence-corrected chi connectivity index (χ0v) is 13.8. The topological polar surface area (TPSA) is 47.3 Å². The van der Waals surface area contributed by atoms with Crippen molar-refractivity contribution >= 4 is 11.6 Å². The molecule has 0 N–H and O–H groups in total. The Morgan fingerprint density at radius 2 is 1.60 bits per heavy atom. The van der Waals surface area contributed by atoms with Gasteiger partial charge in [-0.05, 0) is 12.0 Å². The van der Waals surface area contributed by atoms with Gasteiger partial charge in [-0.1, -0.05) is 60.7 Å². The fourth-order valence-electron chi connectivity index (χ4n) is 3.41. The third-order valence-electron chi connectivity index (χ3n) is 4.61. The maximum Gasteiger partial charge on any atom is 0.197 e. The molecule has 25 heavy (non-hydrogen) atoms. The standard InChI is InChI=1S/C22H18O3/c23-17-12-7-13-18-20(17)21(22(24)16-10-5-2-6-11-16)19(25-18)14-15-8-3-1-4-9-15/h1-6,8-11H,7,12-14H2. The van der Waals surface area contributed by atoms with Gasteiger partial charge in [0.1, 0.15) is 11.5 Å². The molecule has 1 aliphatic carbocycles. The van der Waals surface area contributed by atoms with Gasteiger partial charge in [-0.25, -0.2) is 0 Å². The van der Waals surface area contributed by atoms with E-state index in [1.54, 1.807) is 12.1 Å². The van der Waals surface area contributed by atoms with E-state index in [1.807, 2.05) is 48.5 Å². The summed E-state index contributed by atoms with van der Waals surface area (Å²) in [7, 11) is 0. The number of fused-ring (bicyclic) bond motifs is 1. The molecule has 124 valence electrons. The van der Waals surface area contributed by atoms with E-state index in [1.165, 1.54) is 0 Å². The smallest absolute Gasteiger partial charge is 0.197 e. The second kappa shape index (κ2) is 6.52. The molecule has 3 aromatic rings. The van der Waals surface area contributed by atoms with Crippen LogP contribution in [0.15, 0.2) is 65.1 Å². The Kier molecular flexibility index (Phi) is 4.06. The van der Waals surface area contributed by atoms with Crippen LogP contribution in [0.4, 0.5) is 0 Å². The first kappa shape index (κ1) is 15.6. The molecule has 0 atom stereocenters. The molecule has 0 fully saturated rings. The molecule has 4 rings (SSSR count). The molecule has 0 aliphatic heterocycles. The number of furan rings is 1. The van der Waals surface area contributed by atoms with Crippen molar-refractivity contribution in [1.29, 1.82) is 0 Å². The Hall–Kier alpha value is -2.94. The Morgan fingerprint density at radius 3 is 2.32 bits per heavy atom. The van der Waals surface area contributed by atoms with E-state index in [0.717, 1.165) is 12.0 Å². The molecule has 0 unspecified atom stereocenters. The quantitative estimate of drug-likeness (QED) is 0.656. The Morgan fingerprint density at radius 1 is 0.920 bits per heavy atom. The van der Waals surface area contributed by atoms with Crippen molar-refractivity contribution in [2.75, 3.05) is 0 Å². The molecule has 1 aliphatic rings. The maximum atomic E-state index is 13.1. The van der Waals surface area contributed by atoms with Crippen LogP contribution < -0.4 is 0 Å². The van der Waals surface area contributed by atoms with Gasteiger partial charge in [0, 0.05) is 24.8 Å². The van der Waals surface area contributed by atoms with E-state index in [-0.39, 0.29) is 11.6 Å². The lowest BCUT2D eigenvalue weighted by Gasteiger charge is -2.09. The molecule has 0 saturated heterocycles. The van der Waals surface area contributed by atoms with Crippen molar-refractivity contribution < 1.29 is 14.0 Å². The van der Waals surface area contributed by atoms with Crippen LogP contribution in [0.5, 0.6) is 0 Å². The van der Waals surface area contributed by atoms with Crippen LogP contribution >= 0.6 is 0 Å². The lowest BCUT2D eigenvalue weighted by atomic mass is 9.89.